The molecule has 0 unspecified atom stereocenters. The molecule has 0 aliphatic heterocycles. The van der Waals surface area contributed by atoms with Crippen molar-refractivity contribution in [2.24, 2.45) is 0 Å². The summed E-state index contributed by atoms with van der Waals surface area (Å²) in [5, 5.41) is 3.26. The first kappa shape index (κ1) is 15.2. The summed E-state index contributed by atoms with van der Waals surface area (Å²) in [7, 11) is 1.69. The van der Waals surface area contributed by atoms with Crippen LogP contribution in [0.4, 0.5) is 0 Å². The molecule has 1 rings (SSSR count). The number of ether oxygens (including phenoxy) is 3. The average Bonchev–Trinajstić information content (AvgIpc) is 2.89. The van der Waals surface area contributed by atoms with E-state index >= 15 is 0 Å². The summed E-state index contributed by atoms with van der Waals surface area (Å²) in [6.07, 6.45) is 4.35. The predicted molar refractivity (Wildman–Crippen MR) is 68.5 cm³/mol. The van der Waals surface area contributed by atoms with Gasteiger partial charge in [-0.2, -0.15) is 0 Å². The molecule has 104 valence electrons. The maximum atomic E-state index is 5.42. The Hall–Kier alpha value is -0.880. The Morgan fingerprint density at radius 2 is 1.94 bits per heavy atom. The summed E-state index contributed by atoms with van der Waals surface area (Å²) in [4.78, 5) is 0. The molecule has 0 aliphatic rings. The van der Waals surface area contributed by atoms with Crippen LogP contribution in [0, 0.1) is 0 Å². The first-order valence-electron chi connectivity index (χ1n) is 6.29. The quantitative estimate of drug-likeness (QED) is 0.574. The summed E-state index contributed by atoms with van der Waals surface area (Å²) >= 11 is 0. The lowest BCUT2D eigenvalue weighted by atomic mass is 10.3. The van der Waals surface area contributed by atoms with Gasteiger partial charge in [0.2, 0.25) is 0 Å². The maximum Gasteiger partial charge on any atom is 0.0947 e. The highest BCUT2D eigenvalue weighted by Crippen LogP contribution is 1.97. The van der Waals surface area contributed by atoms with Crippen LogP contribution in [-0.4, -0.2) is 46.7 Å². The van der Waals surface area contributed by atoms with E-state index in [1.807, 2.05) is 6.07 Å². The molecular weight excluding hydrogens is 234 g/mol. The van der Waals surface area contributed by atoms with Gasteiger partial charge in [0.05, 0.1) is 32.3 Å². The third kappa shape index (κ3) is 8.25. The Morgan fingerprint density at radius 1 is 1.11 bits per heavy atom. The van der Waals surface area contributed by atoms with E-state index in [4.69, 9.17) is 18.6 Å². The largest absolute Gasteiger partial charge is 0.472 e. The van der Waals surface area contributed by atoms with Gasteiger partial charge >= 0.3 is 0 Å². The van der Waals surface area contributed by atoms with Crippen molar-refractivity contribution in [2.45, 2.75) is 13.0 Å². The zero-order chi connectivity index (χ0) is 12.9. The Labute approximate surface area is 108 Å². The van der Waals surface area contributed by atoms with E-state index in [1.165, 1.54) is 0 Å². The van der Waals surface area contributed by atoms with Crippen LogP contribution < -0.4 is 5.32 Å². The van der Waals surface area contributed by atoms with Crippen molar-refractivity contribution < 1.29 is 18.6 Å². The number of furan rings is 1. The van der Waals surface area contributed by atoms with Crippen LogP contribution >= 0.6 is 0 Å². The van der Waals surface area contributed by atoms with E-state index in [9.17, 15) is 0 Å². The fourth-order valence-electron chi connectivity index (χ4n) is 1.40. The lowest BCUT2D eigenvalue weighted by Gasteiger charge is -2.06. The van der Waals surface area contributed by atoms with Crippen LogP contribution in [0.5, 0.6) is 0 Å². The molecule has 5 nitrogen and oxygen atoms in total. The van der Waals surface area contributed by atoms with Gasteiger partial charge in [0.25, 0.3) is 0 Å². The molecule has 1 aromatic heterocycles. The maximum absolute atomic E-state index is 5.42. The molecule has 0 saturated carbocycles. The molecule has 0 saturated heterocycles. The van der Waals surface area contributed by atoms with Gasteiger partial charge in [-0.3, -0.25) is 0 Å². The molecule has 0 radical (unpaired) electrons. The van der Waals surface area contributed by atoms with Crippen LogP contribution in [0.25, 0.3) is 0 Å². The van der Waals surface area contributed by atoms with Crippen molar-refractivity contribution in [3.8, 4) is 0 Å². The van der Waals surface area contributed by atoms with E-state index in [0.717, 1.165) is 38.3 Å². The van der Waals surface area contributed by atoms with E-state index in [2.05, 4.69) is 5.32 Å². The summed E-state index contributed by atoms with van der Waals surface area (Å²) < 4.78 is 20.7. The van der Waals surface area contributed by atoms with E-state index in [0.29, 0.717) is 19.8 Å². The third-order valence-electron chi connectivity index (χ3n) is 2.34. The predicted octanol–water partition coefficient (Wildman–Crippen LogP) is 1.44. The first-order valence-corrected chi connectivity index (χ1v) is 6.29. The SMILES string of the molecule is COCCCOCCOCCNCc1ccoc1. The topological polar surface area (TPSA) is 52.9 Å². The van der Waals surface area contributed by atoms with Crippen molar-refractivity contribution in [2.75, 3.05) is 46.7 Å². The molecule has 1 N–H and O–H groups in total. The van der Waals surface area contributed by atoms with Gasteiger partial charge in [0.15, 0.2) is 0 Å². The molecule has 0 bridgehead atoms. The Kier molecular flexibility index (Phi) is 9.46. The molecule has 5 heteroatoms. The molecule has 0 amide bonds. The minimum absolute atomic E-state index is 0.639. The van der Waals surface area contributed by atoms with Gasteiger partial charge in [0, 0.05) is 39.0 Å². The Bertz CT molecular complexity index is 264. The molecule has 0 fully saturated rings. The number of rotatable bonds is 12. The molecular formula is C13H23NO4. The zero-order valence-corrected chi connectivity index (χ0v) is 11.0. The normalized spacial score (nSPS) is 10.9. The van der Waals surface area contributed by atoms with E-state index < -0.39 is 0 Å². The fraction of sp³-hybridized carbons (Fsp3) is 0.692. The monoisotopic (exact) mass is 257 g/mol. The molecule has 18 heavy (non-hydrogen) atoms. The minimum atomic E-state index is 0.639. The summed E-state index contributed by atoms with van der Waals surface area (Å²) in [5.74, 6) is 0. The second-order valence-corrected chi connectivity index (χ2v) is 3.88. The summed E-state index contributed by atoms with van der Waals surface area (Å²) in [5.41, 5.74) is 1.15. The number of methoxy groups -OCH3 is 1. The van der Waals surface area contributed by atoms with Gasteiger partial charge in [-0.05, 0) is 12.5 Å². The number of hydrogen-bond acceptors (Lipinski definition) is 5. The van der Waals surface area contributed by atoms with Crippen LogP contribution in [0.1, 0.15) is 12.0 Å². The molecule has 0 atom stereocenters. The first-order chi connectivity index (χ1) is 8.93. The second-order valence-electron chi connectivity index (χ2n) is 3.88. The van der Waals surface area contributed by atoms with Crippen molar-refractivity contribution in [3.63, 3.8) is 0 Å². The molecule has 0 spiro atoms. The van der Waals surface area contributed by atoms with Crippen molar-refractivity contribution in [3.05, 3.63) is 24.2 Å². The highest BCUT2D eigenvalue weighted by atomic mass is 16.5. The zero-order valence-electron chi connectivity index (χ0n) is 11.0. The van der Waals surface area contributed by atoms with Gasteiger partial charge in [0.1, 0.15) is 0 Å². The molecule has 1 aromatic rings. The molecule has 1 heterocycles. The summed E-state index contributed by atoms with van der Waals surface area (Å²) in [6, 6.07) is 1.95. The number of nitrogens with one attached hydrogen (secondary N) is 1. The van der Waals surface area contributed by atoms with Crippen LogP contribution in [0.3, 0.4) is 0 Å². The van der Waals surface area contributed by atoms with Gasteiger partial charge in [-0.1, -0.05) is 0 Å². The summed E-state index contributed by atoms with van der Waals surface area (Å²) in [6.45, 7) is 5.10. The van der Waals surface area contributed by atoms with Gasteiger partial charge < -0.3 is 23.9 Å². The van der Waals surface area contributed by atoms with Crippen molar-refractivity contribution >= 4 is 0 Å². The van der Waals surface area contributed by atoms with Crippen LogP contribution in [-0.2, 0) is 20.8 Å². The number of hydrogen-bond donors (Lipinski definition) is 1. The van der Waals surface area contributed by atoms with E-state index in [1.54, 1.807) is 19.6 Å². The lowest BCUT2D eigenvalue weighted by Crippen LogP contribution is -2.20. The van der Waals surface area contributed by atoms with Crippen LogP contribution in [0.2, 0.25) is 0 Å². The van der Waals surface area contributed by atoms with Crippen molar-refractivity contribution in [1.29, 1.82) is 0 Å². The second kappa shape index (κ2) is 11.2. The van der Waals surface area contributed by atoms with E-state index in [-0.39, 0.29) is 0 Å². The lowest BCUT2D eigenvalue weighted by molar-refractivity contribution is 0.0408. The van der Waals surface area contributed by atoms with Crippen LogP contribution in [0.15, 0.2) is 23.0 Å². The molecule has 0 aliphatic carbocycles. The fourth-order valence-corrected chi connectivity index (χ4v) is 1.40. The third-order valence-corrected chi connectivity index (χ3v) is 2.34. The standard InChI is InChI=1S/C13H23NO4/c1-15-5-2-6-16-9-10-17-8-4-14-11-13-3-7-18-12-13/h3,7,12,14H,2,4-6,8-11H2,1H3. The highest BCUT2D eigenvalue weighted by Gasteiger charge is 1.94. The smallest absolute Gasteiger partial charge is 0.0947 e. The molecule has 0 aromatic carbocycles. The Morgan fingerprint density at radius 3 is 2.67 bits per heavy atom. The van der Waals surface area contributed by atoms with Gasteiger partial charge in [-0.25, -0.2) is 0 Å². The Balaban J connectivity index is 1.73. The minimum Gasteiger partial charge on any atom is -0.472 e. The van der Waals surface area contributed by atoms with Gasteiger partial charge in [-0.15, -0.1) is 0 Å². The van der Waals surface area contributed by atoms with Crippen molar-refractivity contribution in [1.82, 2.24) is 5.32 Å². The average molecular weight is 257 g/mol. The highest BCUT2D eigenvalue weighted by molar-refractivity contribution is 5.04.